The fourth-order valence-corrected chi connectivity index (χ4v) is 3.81. The maximum Gasteiger partial charge on any atom is 0.408 e. The maximum absolute atomic E-state index is 12.8. The molecular formula is C20H22N2O3S. The van der Waals surface area contributed by atoms with Crippen molar-refractivity contribution in [1.82, 2.24) is 10.6 Å². The Morgan fingerprint density at radius 1 is 1.08 bits per heavy atom. The second-order valence-electron chi connectivity index (χ2n) is 6.06. The Balaban J connectivity index is 1.62. The first-order chi connectivity index (χ1) is 12.7. The van der Waals surface area contributed by atoms with Crippen molar-refractivity contribution in [2.45, 2.75) is 24.4 Å². The quantitative estimate of drug-likeness (QED) is 0.784. The van der Waals surface area contributed by atoms with E-state index in [9.17, 15) is 9.59 Å². The molecule has 2 N–H and O–H groups in total. The lowest BCUT2D eigenvalue weighted by atomic mass is 10.0. The third-order valence-corrected chi connectivity index (χ3v) is 5.28. The molecule has 26 heavy (non-hydrogen) atoms. The standard InChI is InChI=1S/C20H22N2O3S/c23-18(19-21-11-12-26-19)17(13-15-7-3-1-4-8-15)22-20(24)25-14-16-9-5-2-6-10-16/h1-10,17,19,21H,11-14H2,(H,22,24)/t17-,19+/m0/s1. The lowest BCUT2D eigenvalue weighted by Crippen LogP contribution is -2.48. The average Bonchev–Trinajstić information content (AvgIpc) is 3.22. The van der Waals surface area contributed by atoms with Crippen molar-refractivity contribution in [1.29, 1.82) is 0 Å². The highest BCUT2D eigenvalue weighted by molar-refractivity contribution is 8.00. The predicted molar refractivity (Wildman–Crippen MR) is 103 cm³/mol. The lowest BCUT2D eigenvalue weighted by molar-refractivity contribution is -0.120. The van der Waals surface area contributed by atoms with Crippen LogP contribution in [0.5, 0.6) is 0 Å². The van der Waals surface area contributed by atoms with Crippen LogP contribution in [-0.4, -0.2) is 35.6 Å². The number of ketones is 1. The number of benzene rings is 2. The summed E-state index contributed by atoms with van der Waals surface area (Å²) in [7, 11) is 0. The van der Waals surface area contributed by atoms with E-state index in [4.69, 9.17) is 4.74 Å². The summed E-state index contributed by atoms with van der Waals surface area (Å²) in [6.07, 6.45) is -0.134. The Kier molecular flexibility index (Phi) is 6.68. The van der Waals surface area contributed by atoms with Crippen LogP contribution in [0.4, 0.5) is 4.79 Å². The largest absolute Gasteiger partial charge is 0.445 e. The van der Waals surface area contributed by atoms with E-state index in [1.807, 2.05) is 60.7 Å². The second-order valence-corrected chi connectivity index (χ2v) is 7.27. The molecule has 136 valence electrons. The summed E-state index contributed by atoms with van der Waals surface area (Å²) in [5.74, 6) is 0.875. The molecule has 0 aliphatic carbocycles. The van der Waals surface area contributed by atoms with Crippen molar-refractivity contribution >= 4 is 23.6 Å². The third-order valence-electron chi connectivity index (χ3n) is 4.11. The maximum atomic E-state index is 12.8. The molecule has 0 unspecified atom stereocenters. The number of amides is 1. The number of Topliss-reactive ketones (excluding diaryl/α,β-unsaturated/α-hetero) is 1. The van der Waals surface area contributed by atoms with Crippen molar-refractivity contribution in [2.24, 2.45) is 0 Å². The van der Waals surface area contributed by atoms with Crippen LogP contribution in [0.15, 0.2) is 60.7 Å². The summed E-state index contributed by atoms with van der Waals surface area (Å²) in [6.45, 7) is 0.979. The van der Waals surface area contributed by atoms with Gasteiger partial charge in [-0.05, 0) is 17.5 Å². The van der Waals surface area contributed by atoms with E-state index in [2.05, 4.69) is 10.6 Å². The molecule has 1 amide bonds. The highest BCUT2D eigenvalue weighted by atomic mass is 32.2. The molecule has 0 aromatic heterocycles. The Bertz CT molecular complexity index is 718. The molecule has 1 aliphatic rings. The number of hydrogen-bond donors (Lipinski definition) is 2. The van der Waals surface area contributed by atoms with Crippen LogP contribution >= 0.6 is 11.8 Å². The molecule has 2 aromatic carbocycles. The molecular weight excluding hydrogens is 348 g/mol. The Morgan fingerprint density at radius 2 is 1.73 bits per heavy atom. The number of carbonyl (C=O) groups excluding carboxylic acids is 2. The molecule has 5 nitrogen and oxygen atoms in total. The fourth-order valence-electron chi connectivity index (χ4n) is 2.77. The van der Waals surface area contributed by atoms with E-state index in [0.717, 1.165) is 23.4 Å². The van der Waals surface area contributed by atoms with Crippen molar-refractivity contribution in [3.8, 4) is 0 Å². The average molecular weight is 370 g/mol. The Labute approximate surface area is 157 Å². The monoisotopic (exact) mass is 370 g/mol. The number of hydrogen-bond acceptors (Lipinski definition) is 5. The number of alkyl carbamates (subject to hydrolysis) is 1. The minimum atomic E-state index is -0.622. The predicted octanol–water partition coefficient (Wildman–Crippen LogP) is 2.76. The van der Waals surface area contributed by atoms with Gasteiger partial charge in [-0.3, -0.25) is 10.1 Å². The summed E-state index contributed by atoms with van der Waals surface area (Å²) in [5.41, 5.74) is 1.90. The molecule has 2 atom stereocenters. The van der Waals surface area contributed by atoms with Gasteiger partial charge in [0, 0.05) is 12.3 Å². The number of rotatable bonds is 7. The zero-order valence-electron chi connectivity index (χ0n) is 14.4. The zero-order chi connectivity index (χ0) is 18.2. The van der Waals surface area contributed by atoms with Gasteiger partial charge in [-0.25, -0.2) is 4.79 Å². The van der Waals surface area contributed by atoms with E-state index < -0.39 is 12.1 Å². The third kappa shape index (κ3) is 5.34. The van der Waals surface area contributed by atoms with Crippen LogP contribution in [0.25, 0.3) is 0 Å². The Morgan fingerprint density at radius 3 is 2.35 bits per heavy atom. The number of thioether (sulfide) groups is 1. The van der Waals surface area contributed by atoms with E-state index >= 15 is 0 Å². The summed E-state index contributed by atoms with van der Waals surface area (Å²) >= 11 is 1.57. The summed E-state index contributed by atoms with van der Waals surface area (Å²) in [4.78, 5) is 25.0. The smallest absolute Gasteiger partial charge is 0.408 e. The van der Waals surface area contributed by atoms with Gasteiger partial charge in [0.25, 0.3) is 0 Å². The van der Waals surface area contributed by atoms with Crippen molar-refractivity contribution in [3.05, 3.63) is 71.8 Å². The van der Waals surface area contributed by atoms with Gasteiger partial charge in [-0.1, -0.05) is 60.7 Å². The van der Waals surface area contributed by atoms with E-state index in [0.29, 0.717) is 6.42 Å². The van der Waals surface area contributed by atoms with Gasteiger partial charge in [0.15, 0.2) is 5.78 Å². The highest BCUT2D eigenvalue weighted by Gasteiger charge is 2.31. The topological polar surface area (TPSA) is 67.4 Å². The van der Waals surface area contributed by atoms with Crippen LogP contribution in [0.3, 0.4) is 0 Å². The molecule has 1 heterocycles. The van der Waals surface area contributed by atoms with Crippen LogP contribution in [-0.2, 0) is 22.6 Å². The second kappa shape index (κ2) is 9.40. The fraction of sp³-hybridized carbons (Fsp3) is 0.300. The molecule has 1 aliphatic heterocycles. The summed E-state index contributed by atoms with van der Waals surface area (Å²) in [6, 6.07) is 18.5. The summed E-state index contributed by atoms with van der Waals surface area (Å²) in [5, 5.41) is 5.64. The van der Waals surface area contributed by atoms with E-state index in [1.54, 1.807) is 11.8 Å². The first-order valence-corrected chi connectivity index (χ1v) is 9.67. The van der Waals surface area contributed by atoms with Gasteiger partial charge in [-0.15, -0.1) is 11.8 Å². The molecule has 1 fully saturated rings. The first kappa shape index (κ1) is 18.5. The lowest BCUT2D eigenvalue weighted by Gasteiger charge is -2.20. The van der Waals surface area contributed by atoms with Crippen LogP contribution in [0.2, 0.25) is 0 Å². The van der Waals surface area contributed by atoms with Gasteiger partial charge in [-0.2, -0.15) is 0 Å². The van der Waals surface area contributed by atoms with Crippen LogP contribution in [0.1, 0.15) is 11.1 Å². The molecule has 0 saturated carbocycles. The molecule has 2 aromatic rings. The van der Waals surface area contributed by atoms with Crippen molar-refractivity contribution < 1.29 is 14.3 Å². The summed E-state index contributed by atoms with van der Waals surface area (Å²) < 4.78 is 5.28. The molecule has 0 bridgehead atoms. The molecule has 0 spiro atoms. The zero-order valence-corrected chi connectivity index (χ0v) is 15.2. The van der Waals surface area contributed by atoms with Gasteiger partial charge < -0.3 is 10.1 Å². The minimum absolute atomic E-state index is 0.0204. The van der Waals surface area contributed by atoms with Crippen molar-refractivity contribution in [3.63, 3.8) is 0 Å². The molecule has 1 saturated heterocycles. The molecule has 6 heteroatoms. The number of ether oxygens (including phenoxy) is 1. The minimum Gasteiger partial charge on any atom is -0.445 e. The van der Waals surface area contributed by atoms with E-state index in [-0.39, 0.29) is 17.8 Å². The van der Waals surface area contributed by atoms with Gasteiger partial charge in [0.1, 0.15) is 12.0 Å². The van der Waals surface area contributed by atoms with Crippen molar-refractivity contribution in [2.75, 3.05) is 12.3 Å². The number of carbonyl (C=O) groups is 2. The van der Waals surface area contributed by atoms with Gasteiger partial charge in [0.05, 0.1) is 6.04 Å². The van der Waals surface area contributed by atoms with E-state index in [1.165, 1.54) is 0 Å². The number of nitrogens with one attached hydrogen (secondary N) is 2. The van der Waals surface area contributed by atoms with Gasteiger partial charge >= 0.3 is 6.09 Å². The first-order valence-electron chi connectivity index (χ1n) is 8.62. The van der Waals surface area contributed by atoms with Gasteiger partial charge in [0.2, 0.25) is 0 Å². The highest BCUT2D eigenvalue weighted by Crippen LogP contribution is 2.17. The molecule has 0 radical (unpaired) electrons. The Hall–Kier alpha value is -2.31. The van der Waals surface area contributed by atoms with Crippen LogP contribution in [0, 0.1) is 0 Å². The molecule has 3 rings (SSSR count). The van der Waals surface area contributed by atoms with Crippen LogP contribution < -0.4 is 10.6 Å². The SMILES string of the molecule is O=C(N[C@@H](Cc1ccccc1)C(=O)[C@@H]1NCCS1)OCc1ccccc1. The normalized spacial score (nSPS) is 17.5.